The third-order valence-corrected chi connectivity index (χ3v) is 2.40. The van der Waals surface area contributed by atoms with Crippen LogP contribution in [0.15, 0.2) is 48.1 Å². The van der Waals surface area contributed by atoms with Crippen molar-refractivity contribution in [3.8, 4) is 0 Å². The lowest BCUT2D eigenvalue weighted by molar-refractivity contribution is -0.116. The van der Waals surface area contributed by atoms with E-state index in [4.69, 9.17) is 0 Å². The molecule has 0 aromatic rings. The lowest BCUT2D eigenvalue weighted by Crippen LogP contribution is -2.13. The SMILES string of the molecule is C=C/C=C(\C=C)C1=C(C=O)CCCC1=O. The second-order valence-electron chi connectivity index (χ2n) is 3.36. The summed E-state index contributed by atoms with van der Waals surface area (Å²) >= 11 is 0. The third kappa shape index (κ3) is 2.40. The summed E-state index contributed by atoms with van der Waals surface area (Å²) in [5, 5.41) is 0. The number of hydrogen-bond donors (Lipinski definition) is 0. The van der Waals surface area contributed by atoms with Gasteiger partial charge in [0.25, 0.3) is 0 Å². The molecule has 0 fully saturated rings. The zero-order chi connectivity index (χ0) is 11.3. The van der Waals surface area contributed by atoms with Crippen LogP contribution in [-0.4, -0.2) is 12.1 Å². The lowest BCUT2D eigenvalue weighted by atomic mass is 9.86. The average molecular weight is 202 g/mol. The minimum Gasteiger partial charge on any atom is -0.298 e. The summed E-state index contributed by atoms with van der Waals surface area (Å²) < 4.78 is 0. The Labute approximate surface area is 89.7 Å². The molecule has 1 aliphatic rings. The van der Waals surface area contributed by atoms with Gasteiger partial charge in [0, 0.05) is 17.6 Å². The zero-order valence-electron chi connectivity index (χ0n) is 8.66. The molecule has 0 aromatic carbocycles. The molecule has 2 nitrogen and oxygen atoms in total. The van der Waals surface area contributed by atoms with Gasteiger partial charge in [0.05, 0.1) is 0 Å². The van der Waals surface area contributed by atoms with Crippen molar-refractivity contribution in [3.63, 3.8) is 0 Å². The summed E-state index contributed by atoms with van der Waals surface area (Å²) in [4.78, 5) is 22.5. The van der Waals surface area contributed by atoms with Crippen LogP contribution in [0.4, 0.5) is 0 Å². The molecule has 0 aromatic heterocycles. The maximum atomic E-state index is 11.7. The quantitative estimate of drug-likeness (QED) is 0.518. The van der Waals surface area contributed by atoms with Crippen LogP contribution in [0.2, 0.25) is 0 Å². The van der Waals surface area contributed by atoms with Crippen molar-refractivity contribution < 1.29 is 9.59 Å². The average Bonchev–Trinajstić information content (AvgIpc) is 2.26. The molecule has 1 aliphatic carbocycles. The molecule has 0 spiro atoms. The van der Waals surface area contributed by atoms with E-state index < -0.39 is 0 Å². The Morgan fingerprint density at radius 1 is 1.27 bits per heavy atom. The largest absolute Gasteiger partial charge is 0.298 e. The van der Waals surface area contributed by atoms with E-state index in [1.807, 2.05) is 0 Å². The van der Waals surface area contributed by atoms with Crippen LogP contribution in [0.3, 0.4) is 0 Å². The molecule has 0 saturated heterocycles. The number of carbonyl (C=O) groups excluding carboxylic acids is 2. The van der Waals surface area contributed by atoms with E-state index in [0.29, 0.717) is 29.6 Å². The first-order chi connectivity index (χ1) is 7.24. The Kier molecular flexibility index (Phi) is 3.98. The number of aldehydes is 1. The van der Waals surface area contributed by atoms with Crippen LogP contribution >= 0.6 is 0 Å². The predicted molar refractivity (Wildman–Crippen MR) is 60.4 cm³/mol. The van der Waals surface area contributed by atoms with Crippen molar-refractivity contribution in [2.75, 3.05) is 0 Å². The van der Waals surface area contributed by atoms with Gasteiger partial charge in [-0.05, 0) is 18.4 Å². The number of carbonyl (C=O) groups is 2. The molecule has 0 heterocycles. The first kappa shape index (κ1) is 11.4. The number of hydrogen-bond acceptors (Lipinski definition) is 2. The van der Waals surface area contributed by atoms with Crippen molar-refractivity contribution >= 4 is 12.1 Å². The summed E-state index contributed by atoms with van der Waals surface area (Å²) in [5.41, 5.74) is 1.79. The highest BCUT2D eigenvalue weighted by atomic mass is 16.1. The molecule has 1 rings (SSSR count). The van der Waals surface area contributed by atoms with Gasteiger partial charge in [-0.25, -0.2) is 0 Å². The highest BCUT2D eigenvalue weighted by Crippen LogP contribution is 2.26. The van der Waals surface area contributed by atoms with Crippen LogP contribution in [0, 0.1) is 0 Å². The number of ketones is 1. The van der Waals surface area contributed by atoms with Crippen molar-refractivity contribution in [2.24, 2.45) is 0 Å². The van der Waals surface area contributed by atoms with Crippen LogP contribution in [-0.2, 0) is 9.59 Å². The fourth-order valence-electron chi connectivity index (χ4n) is 1.71. The van der Waals surface area contributed by atoms with E-state index >= 15 is 0 Å². The maximum absolute atomic E-state index is 11.7. The number of rotatable bonds is 4. The Bertz CT molecular complexity index is 370. The van der Waals surface area contributed by atoms with Gasteiger partial charge >= 0.3 is 0 Å². The van der Waals surface area contributed by atoms with E-state index in [1.165, 1.54) is 0 Å². The molecule has 0 amide bonds. The van der Waals surface area contributed by atoms with E-state index in [0.717, 1.165) is 12.7 Å². The van der Waals surface area contributed by atoms with Crippen LogP contribution in [0.25, 0.3) is 0 Å². The van der Waals surface area contributed by atoms with Gasteiger partial charge in [0.2, 0.25) is 0 Å². The normalized spacial score (nSPS) is 17.6. The van der Waals surface area contributed by atoms with Crippen LogP contribution in [0.5, 0.6) is 0 Å². The smallest absolute Gasteiger partial charge is 0.163 e. The van der Waals surface area contributed by atoms with Gasteiger partial charge in [-0.2, -0.15) is 0 Å². The van der Waals surface area contributed by atoms with Gasteiger partial charge in [-0.1, -0.05) is 31.4 Å². The molecular formula is C13H14O2. The summed E-state index contributed by atoms with van der Waals surface area (Å²) in [6.45, 7) is 7.21. The van der Waals surface area contributed by atoms with Crippen LogP contribution in [0.1, 0.15) is 19.3 Å². The van der Waals surface area contributed by atoms with Crippen LogP contribution < -0.4 is 0 Å². The van der Waals surface area contributed by atoms with Gasteiger partial charge in [-0.3, -0.25) is 9.59 Å². The predicted octanol–water partition coefficient (Wildman–Crippen LogP) is 2.53. The summed E-state index contributed by atoms with van der Waals surface area (Å²) in [5.74, 6) is 0.0244. The Balaban J connectivity index is 3.26. The summed E-state index contributed by atoms with van der Waals surface area (Å²) in [6, 6.07) is 0. The van der Waals surface area contributed by atoms with Gasteiger partial charge in [0.15, 0.2) is 5.78 Å². The Hall–Kier alpha value is -1.70. The Morgan fingerprint density at radius 2 is 2.00 bits per heavy atom. The molecular weight excluding hydrogens is 188 g/mol. The lowest BCUT2D eigenvalue weighted by Gasteiger charge is -2.16. The monoisotopic (exact) mass is 202 g/mol. The minimum absolute atomic E-state index is 0.0244. The highest BCUT2D eigenvalue weighted by Gasteiger charge is 2.21. The van der Waals surface area contributed by atoms with E-state index in [9.17, 15) is 9.59 Å². The summed E-state index contributed by atoms with van der Waals surface area (Å²) in [7, 11) is 0. The molecule has 78 valence electrons. The third-order valence-electron chi connectivity index (χ3n) is 2.40. The first-order valence-electron chi connectivity index (χ1n) is 4.91. The number of allylic oxidation sites excluding steroid dienone is 6. The molecule has 2 heteroatoms. The second-order valence-corrected chi connectivity index (χ2v) is 3.36. The van der Waals surface area contributed by atoms with Gasteiger partial charge in [0.1, 0.15) is 6.29 Å². The fourth-order valence-corrected chi connectivity index (χ4v) is 1.71. The Morgan fingerprint density at radius 3 is 2.53 bits per heavy atom. The maximum Gasteiger partial charge on any atom is 0.163 e. The van der Waals surface area contributed by atoms with Crippen molar-refractivity contribution in [3.05, 3.63) is 48.1 Å². The van der Waals surface area contributed by atoms with Gasteiger partial charge < -0.3 is 0 Å². The van der Waals surface area contributed by atoms with E-state index in [1.54, 1.807) is 18.2 Å². The highest BCUT2D eigenvalue weighted by molar-refractivity contribution is 6.06. The fraction of sp³-hybridized carbons (Fsp3) is 0.231. The topological polar surface area (TPSA) is 34.1 Å². The second kappa shape index (κ2) is 5.25. The molecule has 0 radical (unpaired) electrons. The molecule has 0 unspecified atom stereocenters. The molecule has 0 bridgehead atoms. The zero-order valence-corrected chi connectivity index (χ0v) is 8.66. The standard InChI is InChI=1S/C13H14O2/c1-3-6-10(4-2)13-11(9-14)7-5-8-12(13)15/h3-4,6,9H,1-2,5,7-8H2/b10-6+. The molecule has 0 saturated carbocycles. The number of Topliss-reactive ketones (excluding diaryl/α,β-unsaturated/α-hetero) is 1. The van der Waals surface area contributed by atoms with E-state index in [-0.39, 0.29) is 5.78 Å². The molecule has 15 heavy (non-hydrogen) atoms. The van der Waals surface area contributed by atoms with Crippen molar-refractivity contribution in [1.82, 2.24) is 0 Å². The first-order valence-corrected chi connectivity index (χ1v) is 4.91. The molecule has 0 atom stereocenters. The minimum atomic E-state index is 0.0244. The van der Waals surface area contributed by atoms with E-state index in [2.05, 4.69) is 13.2 Å². The van der Waals surface area contributed by atoms with Crippen molar-refractivity contribution in [2.45, 2.75) is 19.3 Å². The van der Waals surface area contributed by atoms with Crippen molar-refractivity contribution in [1.29, 1.82) is 0 Å². The molecule has 0 N–H and O–H groups in total. The van der Waals surface area contributed by atoms with Gasteiger partial charge in [-0.15, -0.1) is 0 Å². The summed E-state index contributed by atoms with van der Waals surface area (Å²) in [6.07, 6.45) is 7.59. The molecule has 0 aliphatic heterocycles.